The molecule has 72 heavy (non-hydrogen) atoms. The molecule has 0 saturated heterocycles. The zero-order valence-electron chi connectivity index (χ0n) is 39.3. The van der Waals surface area contributed by atoms with E-state index in [1.807, 2.05) is 71.4 Å². The second-order valence-electron chi connectivity index (χ2n) is 16.8. The first-order valence-corrected chi connectivity index (χ1v) is 23.7. The summed E-state index contributed by atoms with van der Waals surface area (Å²) in [6.07, 6.45) is 10.3. The van der Waals surface area contributed by atoms with Crippen molar-refractivity contribution >= 4 is 46.7 Å². The number of carboxylic acids is 2. The zero-order valence-corrected chi connectivity index (χ0v) is 40.8. The van der Waals surface area contributed by atoms with Crippen molar-refractivity contribution in [3.05, 3.63) is 165 Å². The predicted molar refractivity (Wildman–Crippen MR) is 267 cm³/mol. The molecule has 0 fully saturated rings. The number of aliphatic hydroxyl groups is 2. The molecule has 0 saturated carbocycles. The average molecular weight is 1020 g/mol. The summed E-state index contributed by atoms with van der Waals surface area (Å²) in [5, 5.41) is 44.8. The van der Waals surface area contributed by atoms with Crippen LogP contribution < -0.4 is 29.6 Å². The van der Waals surface area contributed by atoms with Crippen molar-refractivity contribution in [2.45, 2.75) is 78.3 Å². The van der Waals surface area contributed by atoms with Gasteiger partial charge in [-0.15, -0.1) is 0 Å². The number of fused-ring (bicyclic) bond motifs is 2. The minimum absolute atomic E-state index is 0.0171. The molecule has 4 aromatic carbocycles. The van der Waals surface area contributed by atoms with Crippen LogP contribution in [-0.2, 0) is 49.1 Å². The molecule has 0 bridgehead atoms. The Balaban J connectivity index is 0.996. The van der Waals surface area contributed by atoms with Crippen LogP contribution in [0.1, 0.15) is 57.6 Å². The number of carboxylic acid groups (broad SMARTS) is 2. The minimum Gasteiger partial charge on any atom is -0.487 e. The van der Waals surface area contributed by atoms with E-state index < -0.39 is 24.0 Å². The normalized spacial score (nSPS) is 12.2. The molecule has 0 aliphatic heterocycles. The van der Waals surface area contributed by atoms with Gasteiger partial charge in [-0.3, -0.25) is 18.4 Å². The van der Waals surface area contributed by atoms with Crippen molar-refractivity contribution in [2.75, 3.05) is 13.2 Å². The van der Waals surface area contributed by atoms with E-state index in [2.05, 4.69) is 30.6 Å². The second-order valence-corrected chi connectivity index (χ2v) is 17.6. The Hall–Kier alpha value is -7.32. The highest BCUT2D eigenvalue weighted by molar-refractivity contribution is 6.32. The van der Waals surface area contributed by atoms with E-state index in [-0.39, 0.29) is 65.6 Å². The van der Waals surface area contributed by atoms with Gasteiger partial charge in [0.25, 0.3) is 0 Å². The van der Waals surface area contributed by atoms with E-state index >= 15 is 0 Å². The van der Waals surface area contributed by atoms with Gasteiger partial charge in [-0.05, 0) is 84.3 Å². The van der Waals surface area contributed by atoms with Crippen molar-refractivity contribution in [2.24, 2.45) is 0 Å². The van der Waals surface area contributed by atoms with Crippen LogP contribution in [-0.4, -0.2) is 86.4 Å². The highest BCUT2D eigenvalue weighted by Crippen LogP contribution is 2.37. The Morgan fingerprint density at radius 1 is 0.569 bits per heavy atom. The first-order valence-electron chi connectivity index (χ1n) is 22.9. The molecule has 6 N–H and O–H groups in total. The van der Waals surface area contributed by atoms with Crippen LogP contribution >= 0.6 is 23.2 Å². The van der Waals surface area contributed by atoms with Crippen molar-refractivity contribution in [3.8, 4) is 34.1 Å². The number of halogens is 2. The number of nitrogens with zero attached hydrogens (tertiary/aromatic N) is 6. The number of ether oxygens (including phenoxy) is 4. The maximum absolute atomic E-state index is 11.9. The third kappa shape index (κ3) is 12.0. The molecule has 4 heterocycles. The minimum atomic E-state index is -1.09. The summed E-state index contributed by atoms with van der Waals surface area (Å²) >= 11 is 13.7. The Labute approximate surface area is 423 Å². The Morgan fingerprint density at radius 2 is 0.986 bits per heavy atom. The number of imidazole rings is 2. The number of carbonyl (C=O) groups is 2. The van der Waals surface area contributed by atoms with Crippen LogP contribution in [0.25, 0.3) is 22.7 Å². The third-order valence-corrected chi connectivity index (χ3v) is 12.8. The Kier molecular flexibility index (Phi) is 16.8. The number of hydrogen-bond donors (Lipinski definition) is 6. The number of aromatic nitrogens is 6. The molecule has 18 nitrogen and oxygen atoms in total. The van der Waals surface area contributed by atoms with Crippen molar-refractivity contribution in [1.82, 2.24) is 39.4 Å². The fourth-order valence-electron chi connectivity index (χ4n) is 8.11. The van der Waals surface area contributed by atoms with Gasteiger partial charge in [0.15, 0.2) is 0 Å². The summed E-state index contributed by atoms with van der Waals surface area (Å²) < 4.78 is 29.1. The summed E-state index contributed by atoms with van der Waals surface area (Å²) in [7, 11) is 0. The van der Waals surface area contributed by atoms with Gasteiger partial charge in [-0.25, -0.2) is 19.9 Å². The Morgan fingerprint density at radius 3 is 1.39 bits per heavy atom. The molecule has 4 aromatic heterocycles. The number of benzene rings is 4. The molecule has 20 heteroatoms. The monoisotopic (exact) mass is 1020 g/mol. The smallest absolute Gasteiger partial charge is 0.320 e. The molecule has 2 atom stereocenters. The van der Waals surface area contributed by atoms with E-state index in [9.17, 15) is 30.0 Å². The van der Waals surface area contributed by atoms with E-state index in [0.717, 1.165) is 44.8 Å². The quantitative estimate of drug-likeness (QED) is 0.0325. The van der Waals surface area contributed by atoms with Crippen molar-refractivity contribution < 1.29 is 49.0 Å². The molecule has 8 aromatic rings. The predicted octanol–water partition coefficient (Wildman–Crippen LogP) is 7.53. The number of hydrogen-bond acceptors (Lipinski definition) is 14. The standard InChI is InChI=1S/C52H52Cl2N8O10/c1-31-33(27-69-47-21-45(71-29-37-25-59-51-55-13-5-15-61(37)51)35(19-41(47)53)23-57-43(11-17-63)49(65)66)7-3-9-39(31)40-10-4-8-34(32(40)2)28-70-48-22-46(72-30-38-26-60-52-56-14-6-16-62(38)52)36(20-42(48)54)24-58-44(12-18-64)50(67)68/h3-10,13-16,19-22,25-26,43-44,57-58,63-64H,11-12,17-18,23-24,27-30H2,1-2H3,(H,65,66)(H,67,68). The molecule has 0 spiro atoms. The average Bonchev–Trinajstić information content (AvgIpc) is 3.99. The summed E-state index contributed by atoms with van der Waals surface area (Å²) in [6.45, 7) is 4.19. The van der Waals surface area contributed by atoms with E-state index in [1.165, 1.54) is 0 Å². The summed E-state index contributed by atoms with van der Waals surface area (Å²) in [5.41, 5.74) is 8.40. The highest BCUT2D eigenvalue weighted by atomic mass is 35.5. The van der Waals surface area contributed by atoms with Crippen LogP contribution in [0.2, 0.25) is 10.0 Å². The molecule has 0 radical (unpaired) electrons. The second kappa shape index (κ2) is 23.7. The fourth-order valence-corrected chi connectivity index (χ4v) is 8.60. The van der Waals surface area contributed by atoms with E-state index in [4.69, 9.17) is 42.1 Å². The van der Waals surface area contributed by atoms with Crippen LogP contribution in [0.5, 0.6) is 23.0 Å². The first kappa shape index (κ1) is 51.0. The zero-order chi connectivity index (χ0) is 50.7. The highest BCUT2D eigenvalue weighted by Gasteiger charge is 2.22. The lowest BCUT2D eigenvalue weighted by molar-refractivity contribution is -0.140. The summed E-state index contributed by atoms with van der Waals surface area (Å²) in [4.78, 5) is 41.0. The number of nitrogens with one attached hydrogen (secondary N) is 2. The fraction of sp³-hybridized carbons (Fsp3) is 0.269. The molecule has 8 rings (SSSR count). The van der Waals surface area contributed by atoms with Gasteiger partial charge in [0, 0.05) is 74.4 Å². The Bertz CT molecular complexity index is 2990. The van der Waals surface area contributed by atoms with Gasteiger partial charge >= 0.3 is 11.9 Å². The molecular weight excluding hydrogens is 968 g/mol. The molecule has 374 valence electrons. The number of rotatable bonds is 25. The van der Waals surface area contributed by atoms with Gasteiger partial charge in [0.1, 0.15) is 61.5 Å². The SMILES string of the molecule is Cc1c(COc2cc(OCc3cnc4ncccn34)c(CNC(CCO)C(=O)O)cc2Cl)cccc1-c1cccc(COc2cc(OCc3cnc4ncccn34)c(CNC(CCO)C(=O)O)cc2Cl)c1C. The van der Waals surface area contributed by atoms with Crippen LogP contribution in [0.3, 0.4) is 0 Å². The van der Waals surface area contributed by atoms with Gasteiger partial charge in [-0.1, -0.05) is 59.6 Å². The van der Waals surface area contributed by atoms with Crippen molar-refractivity contribution in [3.63, 3.8) is 0 Å². The molecule has 0 aliphatic carbocycles. The van der Waals surface area contributed by atoms with Gasteiger partial charge in [0.2, 0.25) is 11.6 Å². The summed E-state index contributed by atoms with van der Waals surface area (Å²) in [6, 6.07) is 20.3. The molecule has 0 amide bonds. The van der Waals surface area contributed by atoms with Crippen LogP contribution in [0.15, 0.2) is 110 Å². The maximum Gasteiger partial charge on any atom is 0.320 e. The molecule has 0 aliphatic rings. The van der Waals surface area contributed by atoms with E-state index in [1.54, 1.807) is 61.2 Å². The summed E-state index contributed by atoms with van der Waals surface area (Å²) in [5.74, 6) is 0.390. The lowest BCUT2D eigenvalue weighted by Gasteiger charge is -2.19. The molecular formula is C52H52Cl2N8O10. The third-order valence-electron chi connectivity index (χ3n) is 12.2. The largest absolute Gasteiger partial charge is 0.487 e. The van der Waals surface area contributed by atoms with Crippen molar-refractivity contribution in [1.29, 1.82) is 0 Å². The lowest BCUT2D eigenvalue weighted by atomic mass is 9.92. The van der Waals surface area contributed by atoms with Crippen LogP contribution in [0.4, 0.5) is 0 Å². The molecule has 2 unspecified atom stereocenters. The van der Waals surface area contributed by atoms with Gasteiger partial charge < -0.3 is 50.0 Å². The maximum atomic E-state index is 11.9. The van der Waals surface area contributed by atoms with Crippen LogP contribution in [0, 0.1) is 13.8 Å². The van der Waals surface area contributed by atoms with E-state index in [0.29, 0.717) is 55.7 Å². The van der Waals surface area contributed by atoms with Gasteiger partial charge in [-0.2, -0.15) is 0 Å². The first-order chi connectivity index (χ1) is 34.9. The van der Waals surface area contributed by atoms with Gasteiger partial charge in [0.05, 0.1) is 33.8 Å². The number of aliphatic carboxylic acids is 2. The lowest BCUT2D eigenvalue weighted by Crippen LogP contribution is -2.37. The topological polar surface area (TPSA) is 236 Å². The number of aliphatic hydroxyl groups excluding tert-OH is 2.